The molecular weight excluding hydrogens is 521 g/mol. The highest BCUT2D eigenvalue weighted by atomic mass is 19.4. The van der Waals surface area contributed by atoms with Gasteiger partial charge in [0.2, 0.25) is 5.91 Å². The molecule has 212 valence electrons. The largest absolute Gasteiger partial charge is 0.418 e. The minimum absolute atomic E-state index is 0.0473. The number of aryl methyl sites for hydroxylation is 2. The highest BCUT2D eigenvalue weighted by Gasteiger charge is 2.36. The predicted molar refractivity (Wildman–Crippen MR) is 147 cm³/mol. The van der Waals surface area contributed by atoms with Crippen LogP contribution >= 0.6 is 0 Å². The van der Waals surface area contributed by atoms with Crippen LogP contribution < -0.4 is 10.6 Å². The van der Waals surface area contributed by atoms with Crippen LogP contribution in [0.5, 0.6) is 0 Å². The lowest BCUT2D eigenvalue weighted by Gasteiger charge is -2.32. The first kappa shape index (κ1) is 28.9. The third-order valence-electron chi connectivity index (χ3n) is 7.15. The Morgan fingerprint density at radius 3 is 2.25 bits per heavy atom. The lowest BCUT2D eigenvalue weighted by atomic mass is 9.89. The second kappa shape index (κ2) is 12.0. The van der Waals surface area contributed by atoms with Gasteiger partial charge >= 0.3 is 6.18 Å². The quantitative estimate of drug-likeness (QED) is 0.356. The van der Waals surface area contributed by atoms with Crippen molar-refractivity contribution >= 4 is 29.1 Å². The van der Waals surface area contributed by atoms with Gasteiger partial charge in [-0.2, -0.15) is 13.2 Å². The Morgan fingerprint density at radius 1 is 0.975 bits per heavy atom. The normalized spacial score (nSPS) is 14.2. The number of nitrogens with one attached hydrogen (secondary N) is 2. The molecule has 10 heteroatoms. The lowest BCUT2D eigenvalue weighted by molar-refractivity contribution is -0.137. The fourth-order valence-electron chi connectivity index (χ4n) is 5.00. The molecule has 0 saturated carbocycles. The summed E-state index contributed by atoms with van der Waals surface area (Å²) in [6.07, 6.45) is 0.159. The Balaban J connectivity index is 1.33. The zero-order valence-corrected chi connectivity index (χ0v) is 22.8. The molecule has 1 saturated heterocycles. The van der Waals surface area contributed by atoms with Gasteiger partial charge in [0.05, 0.1) is 11.1 Å². The first-order valence-electron chi connectivity index (χ1n) is 13.3. The van der Waals surface area contributed by atoms with E-state index in [2.05, 4.69) is 10.6 Å². The minimum atomic E-state index is -4.62. The molecule has 0 aliphatic carbocycles. The van der Waals surface area contributed by atoms with Crippen LogP contribution in [0, 0.1) is 6.92 Å². The summed E-state index contributed by atoms with van der Waals surface area (Å²) in [5.74, 6) is -0.698. The number of halogens is 3. The van der Waals surface area contributed by atoms with E-state index in [1.165, 1.54) is 11.6 Å². The molecule has 1 aromatic heterocycles. The molecule has 40 heavy (non-hydrogen) atoms. The van der Waals surface area contributed by atoms with Crippen LogP contribution in [0.2, 0.25) is 0 Å². The average Bonchev–Trinajstić information content (AvgIpc) is 3.33. The molecule has 1 aliphatic rings. The van der Waals surface area contributed by atoms with Gasteiger partial charge in [-0.1, -0.05) is 19.1 Å². The summed E-state index contributed by atoms with van der Waals surface area (Å²) in [6.45, 7) is 4.98. The number of aromatic nitrogens is 1. The summed E-state index contributed by atoms with van der Waals surface area (Å²) in [4.78, 5) is 39.4. The standard InChI is InChI=1S/C30H33F3N4O3/c1-4-5-27(38)35-26-11-8-22(16-19(26)2)29(40)37-14-12-21(13-15-37)20-6-9-23(10-7-20)34-28(39)24-17-36(3)18-25(24)30(31,32)33/h6-11,16-18,21H,4-5,12-15H2,1-3H3,(H,34,39)(H,35,38). The van der Waals surface area contributed by atoms with Crippen LogP contribution in [0.25, 0.3) is 0 Å². The number of nitrogens with zero attached hydrogens (tertiary/aromatic N) is 2. The van der Waals surface area contributed by atoms with Crippen molar-refractivity contribution in [2.24, 2.45) is 7.05 Å². The van der Waals surface area contributed by atoms with E-state index in [0.717, 1.165) is 42.8 Å². The first-order chi connectivity index (χ1) is 19.0. The lowest BCUT2D eigenvalue weighted by Crippen LogP contribution is -2.38. The van der Waals surface area contributed by atoms with E-state index < -0.39 is 23.2 Å². The summed E-state index contributed by atoms with van der Waals surface area (Å²) in [5, 5.41) is 5.43. The third kappa shape index (κ3) is 6.73. The number of likely N-dealkylation sites (tertiary alicyclic amines) is 1. The van der Waals surface area contributed by atoms with Gasteiger partial charge < -0.3 is 20.1 Å². The Hall–Kier alpha value is -4.08. The predicted octanol–water partition coefficient (Wildman–Crippen LogP) is 6.36. The maximum absolute atomic E-state index is 13.3. The van der Waals surface area contributed by atoms with Crippen molar-refractivity contribution in [1.82, 2.24) is 9.47 Å². The van der Waals surface area contributed by atoms with Gasteiger partial charge in [0.1, 0.15) is 0 Å². The Bertz CT molecular complexity index is 1390. The average molecular weight is 555 g/mol. The molecule has 1 fully saturated rings. The highest BCUT2D eigenvalue weighted by Crippen LogP contribution is 2.33. The van der Waals surface area contributed by atoms with Gasteiger partial charge in [-0.25, -0.2) is 0 Å². The van der Waals surface area contributed by atoms with Crippen molar-refractivity contribution in [2.75, 3.05) is 23.7 Å². The molecule has 3 aromatic rings. The van der Waals surface area contributed by atoms with Gasteiger partial charge in [-0.3, -0.25) is 14.4 Å². The number of benzene rings is 2. The van der Waals surface area contributed by atoms with E-state index in [9.17, 15) is 27.6 Å². The zero-order valence-electron chi connectivity index (χ0n) is 22.8. The van der Waals surface area contributed by atoms with Crippen molar-refractivity contribution in [2.45, 2.75) is 51.6 Å². The summed E-state index contributed by atoms with van der Waals surface area (Å²) < 4.78 is 41.0. The number of carbonyl (C=O) groups is 3. The van der Waals surface area contributed by atoms with Crippen molar-refractivity contribution in [3.05, 3.63) is 82.7 Å². The van der Waals surface area contributed by atoms with Gasteiger partial charge in [-0.05, 0) is 73.6 Å². The van der Waals surface area contributed by atoms with Crippen LogP contribution in [-0.2, 0) is 18.0 Å². The minimum Gasteiger partial charge on any atom is -0.356 e. The summed E-state index contributed by atoms with van der Waals surface area (Å²) >= 11 is 0. The van der Waals surface area contributed by atoms with Gasteiger partial charge in [0, 0.05) is 55.9 Å². The van der Waals surface area contributed by atoms with E-state index in [1.54, 1.807) is 30.3 Å². The maximum atomic E-state index is 13.3. The van der Waals surface area contributed by atoms with Crippen LogP contribution in [0.1, 0.15) is 75.9 Å². The van der Waals surface area contributed by atoms with Gasteiger partial charge in [-0.15, -0.1) is 0 Å². The number of alkyl halides is 3. The molecule has 2 aromatic carbocycles. The molecule has 2 heterocycles. The molecule has 0 unspecified atom stereocenters. The molecule has 4 rings (SSSR count). The number of hydrogen-bond acceptors (Lipinski definition) is 3. The first-order valence-corrected chi connectivity index (χ1v) is 13.3. The van der Waals surface area contributed by atoms with Crippen LogP contribution in [-0.4, -0.2) is 40.3 Å². The number of anilines is 2. The fraction of sp³-hybridized carbons (Fsp3) is 0.367. The van der Waals surface area contributed by atoms with E-state index in [1.807, 2.05) is 30.9 Å². The molecule has 0 bridgehead atoms. The monoisotopic (exact) mass is 554 g/mol. The molecular formula is C30H33F3N4O3. The molecule has 0 spiro atoms. The van der Waals surface area contributed by atoms with Crippen molar-refractivity contribution < 1.29 is 27.6 Å². The fourth-order valence-corrected chi connectivity index (χ4v) is 5.00. The number of rotatable bonds is 7. The SMILES string of the molecule is CCCC(=O)Nc1ccc(C(=O)N2CCC(c3ccc(NC(=O)c4cn(C)cc4C(F)(F)F)cc3)CC2)cc1C. The summed E-state index contributed by atoms with van der Waals surface area (Å²) in [6, 6.07) is 12.4. The van der Waals surface area contributed by atoms with Crippen molar-refractivity contribution in [3.63, 3.8) is 0 Å². The van der Waals surface area contributed by atoms with E-state index >= 15 is 0 Å². The van der Waals surface area contributed by atoms with Gasteiger partial charge in [0.15, 0.2) is 0 Å². The second-order valence-electron chi connectivity index (χ2n) is 10.2. The number of hydrogen-bond donors (Lipinski definition) is 2. The topological polar surface area (TPSA) is 83.4 Å². The number of carbonyl (C=O) groups excluding carboxylic acids is 3. The van der Waals surface area contributed by atoms with E-state index in [4.69, 9.17) is 0 Å². The van der Waals surface area contributed by atoms with Gasteiger partial charge in [0.25, 0.3) is 11.8 Å². The second-order valence-corrected chi connectivity index (χ2v) is 10.2. The number of amides is 3. The molecule has 7 nitrogen and oxygen atoms in total. The molecule has 1 aliphatic heterocycles. The summed E-state index contributed by atoms with van der Waals surface area (Å²) in [7, 11) is 1.44. The van der Waals surface area contributed by atoms with Crippen LogP contribution in [0.3, 0.4) is 0 Å². The smallest absolute Gasteiger partial charge is 0.356 e. The molecule has 2 N–H and O–H groups in total. The van der Waals surface area contributed by atoms with Crippen LogP contribution in [0.4, 0.5) is 24.5 Å². The Labute approximate surface area is 231 Å². The number of piperidine rings is 1. The molecule has 0 radical (unpaired) electrons. The third-order valence-corrected chi connectivity index (χ3v) is 7.15. The summed E-state index contributed by atoms with van der Waals surface area (Å²) in [5.41, 5.74) is 2.16. The van der Waals surface area contributed by atoms with E-state index in [-0.39, 0.29) is 17.7 Å². The zero-order chi connectivity index (χ0) is 29.0. The molecule has 0 atom stereocenters. The van der Waals surface area contributed by atoms with Crippen LogP contribution in [0.15, 0.2) is 54.9 Å². The molecule has 3 amide bonds. The van der Waals surface area contributed by atoms with E-state index in [0.29, 0.717) is 36.4 Å². The van der Waals surface area contributed by atoms with Crippen molar-refractivity contribution in [3.8, 4) is 0 Å². The Kier molecular flexibility index (Phi) is 8.66. The Morgan fingerprint density at radius 2 is 1.65 bits per heavy atom. The highest BCUT2D eigenvalue weighted by molar-refractivity contribution is 6.05. The van der Waals surface area contributed by atoms with Crippen molar-refractivity contribution in [1.29, 1.82) is 0 Å². The maximum Gasteiger partial charge on any atom is 0.418 e.